The van der Waals surface area contributed by atoms with Crippen LogP contribution in [0.25, 0.3) is 0 Å². The molecule has 0 saturated carbocycles. The average Bonchev–Trinajstić information content (AvgIpc) is 2.93. The lowest BCUT2D eigenvalue weighted by Crippen LogP contribution is -2.39. The molecule has 1 saturated heterocycles. The van der Waals surface area contributed by atoms with E-state index in [1.165, 1.54) is 26.6 Å². The number of hydrogen-bond donors (Lipinski definition) is 0. The first-order chi connectivity index (χ1) is 11.1. The molecule has 0 radical (unpaired) electrons. The van der Waals surface area contributed by atoms with Crippen molar-refractivity contribution in [3.8, 4) is 0 Å². The smallest absolute Gasteiger partial charge is 0.339 e. The highest BCUT2D eigenvalue weighted by Gasteiger charge is 2.49. The molecule has 1 spiro atoms. The SMILES string of the molecule is COC(=O)C1=C(C(=O)OC)C2=C(CCCC23OCCO3)OC=C1. The monoisotopic (exact) mass is 322 g/mol. The summed E-state index contributed by atoms with van der Waals surface area (Å²) in [6.45, 7) is 0.818. The first-order valence-electron chi connectivity index (χ1n) is 7.39. The zero-order valence-corrected chi connectivity index (χ0v) is 13.0. The molecule has 1 aliphatic carbocycles. The van der Waals surface area contributed by atoms with Crippen molar-refractivity contribution in [2.75, 3.05) is 27.4 Å². The van der Waals surface area contributed by atoms with Crippen LogP contribution in [0.15, 0.2) is 34.8 Å². The van der Waals surface area contributed by atoms with E-state index in [0.29, 0.717) is 37.4 Å². The average molecular weight is 322 g/mol. The molecular formula is C16H18O7. The number of methoxy groups -OCH3 is 2. The summed E-state index contributed by atoms with van der Waals surface area (Å²) in [7, 11) is 2.50. The van der Waals surface area contributed by atoms with Crippen molar-refractivity contribution >= 4 is 11.9 Å². The van der Waals surface area contributed by atoms with Crippen LogP contribution < -0.4 is 0 Å². The van der Waals surface area contributed by atoms with Crippen LogP contribution in [-0.2, 0) is 33.3 Å². The summed E-state index contributed by atoms with van der Waals surface area (Å²) in [6, 6.07) is 0. The molecule has 2 aliphatic heterocycles. The molecule has 7 heteroatoms. The predicted molar refractivity (Wildman–Crippen MR) is 76.8 cm³/mol. The lowest BCUT2D eigenvalue weighted by atomic mass is 9.84. The zero-order chi connectivity index (χ0) is 16.4. The Morgan fingerprint density at radius 1 is 1.13 bits per heavy atom. The molecule has 3 aliphatic rings. The number of carbonyl (C=O) groups is 2. The number of esters is 2. The molecule has 2 heterocycles. The Labute approximate surface area is 133 Å². The number of fused-ring (bicyclic) bond motifs is 1. The van der Waals surface area contributed by atoms with Gasteiger partial charge in [0.25, 0.3) is 0 Å². The molecule has 7 nitrogen and oxygen atoms in total. The quantitative estimate of drug-likeness (QED) is 0.710. The standard InChI is InChI=1S/C16H18O7/c1-19-14(17)10-5-7-21-11-4-3-6-16(22-8-9-23-16)13(11)12(10)15(18)20-2/h5,7H,3-4,6,8-9H2,1-2H3. The maximum absolute atomic E-state index is 12.4. The molecule has 23 heavy (non-hydrogen) atoms. The Hall–Kier alpha value is -2.12. The summed E-state index contributed by atoms with van der Waals surface area (Å²) in [6.07, 6.45) is 4.74. The summed E-state index contributed by atoms with van der Waals surface area (Å²) < 4.78 is 26.9. The van der Waals surface area contributed by atoms with Crippen molar-refractivity contribution in [1.82, 2.24) is 0 Å². The molecule has 0 aromatic carbocycles. The molecule has 0 aromatic heterocycles. The van der Waals surface area contributed by atoms with E-state index in [9.17, 15) is 9.59 Å². The van der Waals surface area contributed by atoms with Crippen LogP contribution >= 0.6 is 0 Å². The summed E-state index contributed by atoms with van der Waals surface area (Å²) in [4.78, 5) is 24.6. The van der Waals surface area contributed by atoms with E-state index >= 15 is 0 Å². The van der Waals surface area contributed by atoms with E-state index in [1.54, 1.807) is 0 Å². The van der Waals surface area contributed by atoms with Gasteiger partial charge in [0.05, 0.1) is 50.4 Å². The Bertz CT molecular complexity index is 620. The van der Waals surface area contributed by atoms with E-state index < -0.39 is 17.7 Å². The Morgan fingerprint density at radius 2 is 1.83 bits per heavy atom. The van der Waals surface area contributed by atoms with Gasteiger partial charge < -0.3 is 23.7 Å². The Balaban J connectivity index is 2.23. The van der Waals surface area contributed by atoms with Crippen molar-refractivity contribution in [3.63, 3.8) is 0 Å². The molecule has 0 atom stereocenters. The third kappa shape index (κ3) is 2.55. The fourth-order valence-electron chi connectivity index (χ4n) is 3.13. The number of allylic oxidation sites excluding steroid dienone is 1. The van der Waals surface area contributed by atoms with E-state index in [4.69, 9.17) is 23.7 Å². The molecule has 0 N–H and O–H groups in total. The third-order valence-corrected chi connectivity index (χ3v) is 4.08. The van der Waals surface area contributed by atoms with Crippen LogP contribution in [0.5, 0.6) is 0 Å². The molecule has 0 bridgehead atoms. The summed E-state index contributed by atoms with van der Waals surface area (Å²) in [5, 5.41) is 0. The number of ether oxygens (including phenoxy) is 5. The van der Waals surface area contributed by atoms with Gasteiger partial charge in [0.1, 0.15) is 5.76 Å². The van der Waals surface area contributed by atoms with Gasteiger partial charge in [0, 0.05) is 12.8 Å². The fraction of sp³-hybridized carbons (Fsp3) is 0.500. The minimum atomic E-state index is -1.08. The lowest BCUT2D eigenvalue weighted by Gasteiger charge is -2.35. The van der Waals surface area contributed by atoms with Gasteiger partial charge in [0.2, 0.25) is 0 Å². The fourth-order valence-corrected chi connectivity index (χ4v) is 3.13. The van der Waals surface area contributed by atoms with Crippen LogP contribution in [0.1, 0.15) is 19.3 Å². The summed E-state index contributed by atoms with van der Waals surface area (Å²) in [5.41, 5.74) is 0.563. The minimum absolute atomic E-state index is 0.0599. The second-order valence-corrected chi connectivity index (χ2v) is 5.29. The maximum atomic E-state index is 12.4. The highest BCUT2D eigenvalue weighted by Crippen LogP contribution is 2.46. The zero-order valence-electron chi connectivity index (χ0n) is 13.0. The van der Waals surface area contributed by atoms with Gasteiger partial charge in [-0.1, -0.05) is 0 Å². The maximum Gasteiger partial charge on any atom is 0.339 e. The van der Waals surface area contributed by atoms with Crippen LogP contribution in [0.3, 0.4) is 0 Å². The topological polar surface area (TPSA) is 80.3 Å². The van der Waals surface area contributed by atoms with Crippen LogP contribution in [0, 0.1) is 0 Å². The van der Waals surface area contributed by atoms with Crippen molar-refractivity contribution < 1.29 is 33.3 Å². The second kappa shape index (κ2) is 6.17. The van der Waals surface area contributed by atoms with Gasteiger partial charge in [-0.15, -0.1) is 0 Å². The molecule has 0 amide bonds. The van der Waals surface area contributed by atoms with Gasteiger partial charge >= 0.3 is 11.9 Å². The molecule has 3 rings (SSSR count). The highest BCUT2D eigenvalue weighted by atomic mass is 16.7. The predicted octanol–water partition coefficient (Wildman–Crippen LogP) is 1.35. The largest absolute Gasteiger partial charge is 0.469 e. The van der Waals surface area contributed by atoms with Crippen LogP contribution in [0.4, 0.5) is 0 Å². The van der Waals surface area contributed by atoms with Crippen LogP contribution in [-0.4, -0.2) is 45.2 Å². The molecule has 124 valence electrons. The third-order valence-electron chi connectivity index (χ3n) is 4.08. The van der Waals surface area contributed by atoms with Gasteiger partial charge in [-0.25, -0.2) is 9.59 Å². The highest BCUT2D eigenvalue weighted by molar-refractivity contribution is 6.06. The van der Waals surface area contributed by atoms with Crippen LogP contribution in [0.2, 0.25) is 0 Å². The number of carbonyl (C=O) groups excluding carboxylic acids is 2. The van der Waals surface area contributed by atoms with Gasteiger partial charge in [-0.05, 0) is 12.5 Å². The molecule has 0 unspecified atom stereocenters. The van der Waals surface area contributed by atoms with Gasteiger partial charge in [0.15, 0.2) is 5.79 Å². The Kier molecular flexibility index (Phi) is 4.23. The van der Waals surface area contributed by atoms with E-state index in [0.717, 1.165) is 6.42 Å². The van der Waals surface area contributed by atoms with E-state index in [-0.39, 0.29) is 11.1 Å². The van der Waals surface area contributed by atoms with Gasteiger partial charge in [-0.3, -0.25) is 0 Å². The molecule has 1 fully saturated rings. The normalized spacial score (nSPS) is 22.5. The summed E-state index contributed by atoms with van der Waals surface area (Å²) in [5.74, 6) is -1.84. The van der Waals surface area contributed by atoms with Gasteiger partial charge in [-0.2, -0.15) is 0 Å². The minimum Gasteiger partial charge on any atom is -0.469 e. The molecular weight excluding hydrogens is 304 g/mol. The second-order valence-electron chi connectivity index (χ2n) is 5.29. The van der Waals surface area contributed by atoms with Crippen molar-refractivity contribution in [3.05, 3.63) is 34.8 Å². The first kappa shape index (κ1) is 15.8. The van der Waals surface area contributed by atoms with E-state index in [1.807, 2.05) is 0 Å². The first-order valence-corrected chi connectivity index (χ1v) is 7.39. The van der Waals surface area contributed by atoms with E-state index in [2.05, 4.69) is 0 Å². The summed E-state index contributed by atoms with van der Waals surface area (Å²) >= 11 is 0. The Morgan fingerprint density at radius 3 is 2.48 bits per heavy atom. The van der Waals surface area contributed by atoms with Crippen molar-refractivity contribution in [1.29, 1.82) is 0 Å². The van der Waals surface area contributed by atoms with Crippen molar-refractivity contribution in [2.45, 2.75) is 25.0 Å². The number of hydrogen-bond acceptors (Lipinski definition) is 7. The van der Waals surface area contributed by atoms with Crippen molar-refractivity contribution in [2.24, 2.45) is 0 Å². The molecule has 0 aromatic rings. The number of rotatable bonds is 2. The lowest BCUT2D eigenvalue weighted by molar-refractivity contribution is -0.146.